The van der Waals surface area contributed by atoms with E-state index < -0.39 is 0 Å². The highest BCUT2D eigenvalue weighted by Crippen LogP contribution is 2.48. The first-order chi connectivity index (χ1) is 12.1. The lowest BCUT2D eigenvalue weighted by atomic mass is 9.58. The third kappa shape index (κ3) is 3.44. The molecule has 1 aliphatic carbocycles. The maximum Gasteiger partial charge on any atom is 0.273 e. The number of ether oxygens (including phenoxy) is 1. The molecule has 2 aliphatic rings. The van der Waals surface area contributed by atoms with Crippen molar-refractivity contribution in [1.82, 2.24) is 25.6 Å². The van der Waals surface area contributed by atoms with Gasteiger partial charge >= 0.3 is 0 Å². The van der Waals surface area contributed by atoms with Crippen LogP contribution in [0.4, 0.5) is 0 Å². The standard InChI is InChI=1S/C18H31N5O2/c1-4-18(5-2)15(11-16(18)25-6-3)20-17(24)14-12-23(22-21-14)13-7-9-19-10-8-13/h12-13,15-16,19H,4-11H2,1-3H3,(H,20,24)/t15-,16+/m0/s1. The van der Waals surface area contributed by atoms with Crippen LogP contribution in [0.2, 0.25) is 0 Å². The van der Waals surface area contributed by atoms with Gasteiger partial charge in [-0.2, -0.15) is 0 Å². The van der Waals surface area contributed by atoms with Gasteiger partial charge in [-0.05, 0) is 52.1 Å². The van der Waals surface area contributed by atoms with Crippen LogP contribution in [-0.2, 0) is 4.74 Å². The molecule has 7 nitrogen and oxygen atoms in total. The van der Waals surface area contributed by atoms with Gasteiger partial charge in [-0.25, -0.2) is 4.68 Å². The largest absolute Gasteiger partial charge is 0.378 e. The van der Waals surface area contributed by atoms with Crippen LogP contribution in [-0.4, -0.2) is 52.7 Å². The molecule has 3 rings (SSSR count). The molecule has 1 saturated carbocycles. The van der Waals surface area contributed by atoms with Crippen LogP contribution < -0.4 is 10.6 Å². The van der Waals surface area contributed by atoms with Gasteiger partial charge in [-0.1, -0.05) is 19.1 Å². The second-order valence-electron chi connectivity index (χ2n) is 7.21. The van der Waals surface area contributed by atoms with Crippen molar-refractivity contribution in [3.63, 3.8) is 0 Å². The lowest BCUT2D eigenvalue weighted by molar-refractivity contribution is -0.134. The molecule has 2 atom stereocenters. The fourth-order valence-corrected chi connectivity index (χ4v) is 4.45. The minimum atomic E-state index is -0.119. The quantitative estimate of drug-likeness (QED) is 0.786. The second kappa shape index (κ2) is 7.83. The number of carbonyl (C=O) groups excluding carboxylic acids is 1. The smallest absolute Gasteiger partial charge is 0.273 e. The second-order valence-corrected chi connectivity index (χ2v) is 7.21. The zero-order valence-electron chi connectivity index (χ0n) is 15.6. The van der Waals surface area contributed by atoms with Crippen molar-refractivity contribution in [2.75, 3.05) is 19.7 Å². The van der Waals surface area contributed by atoms with Gasteiger partial charge in [-0.15, -0.1) is 5.10 Å². The Kier molecular flexibility index (Phi) is 5.74. The highest BCUT2D eigenvalue weighted by Gasteiger charge is 2.54. The third-order valence-corrected chi connectivity index (χ3v) is 6.20. The Balaban J connectivity index is 1.63. The number of amides is 1. The van der Waals surface area contributed by atoms with Gasteiger partial charge in [-0.3, -0.25) is 4.79 Å². The van der Waals surface area contributed by atoms with Crippen molar-refractivity contribution < 1.29 is 9.53 Å². The van der Waals surface area contributed by atoms with E-state index in [9.17, 15) is 4.79 Å². The minimum absolute atomic E-state index is 0.0384. The maximum absolute atomic E-state index is 12.6. The molecular formula is C18H31N5O2. The molecule has 1 aromatic heterocycles. The van der Waals surface area contributed by atoms with Crippen LogP contribution in [0.1, 0.15) is 69.4 Å². The summed E-state index contributed by atoms with van der Waals surface area (Å²) in [6.07, 6.45) is 6.97. The van der Waals surface area contributed by atoms with E-state index >= 15 is 0 Å². The summed E-state index contributed by atoms with van der Waals surface area (Å²) in [4.78, 5) is 12.6. The monoisotopic (exact) mass is 349 g/mol. The molecular weight excluding hydrogens is 318 g/mol. The molecule has 1 amide bonds. The predicted octanol–water partition coefficient (Wildman–Crippen LogP) is 1.92. The predicted molar refractivity (Wildman–Crippen MR) is 95.5 cm³/mol. The Morgan fingerprint density at radius 3 is 2.72 bits per heavy atom. The average molecular weight is 349 g/mol. The Morgan fingerprint density at radius 2 is 2.08 bits per heavy atom. The summed E-state index contributed by atoms with van der Waals surface area (Å²) in [7, 11) is 0. The number of hydrogen-bond acceptors (Lipinski definition) is 5. The highest BCUT2D eigenvalue weighted by atomic mass is 16.5. The fraction of sp³-hybridized carbons (Fsp3) is 0.833. The van der Waals surface area contributed by atoms with E-state index in [1.807, 2.05) is 11.6 Å². The maximum atomic E-state index is 12.6. The summed E-state index contributed by atoms with van der Waals surface area (Å²) in [6, 6.07) is 0.488. The van der Waals surface area contributed by atoms with Crippen molar-refractivity contribution in [1.29, 1.82) is 0 Å². The Bertz CT molecular complexity index is 578. The number of carbonyl (C=O) groups is 1. The van der Waals surface area contributed by atoms with E-state index in [0.717, 1.165) is 51.8 Å². The minimum Gasteiger partial charge on any atom is -0.378 e. The zero-order valence-corrected chi connectivity index (χ0v) is 15.6. The first-order valence-electron chi connectivity index (χ1n) is 9.69. The van der Waals surface area contributed by atoms with Crippen LogP contribution in [0.25, 0.3) is 0 Å². The van der Waals surface area contributed by atoms with Crippen LogP contribution in [0.5, 0.6) is 0 Å². The van der Waals surface area contributed by atoms with E-state index in [1.165, 1.54) is 0 Å². The van der Waals surface area contributed by atoms with Crippen LogP contribution in [0.3, 0.4) is 0 Å². The molecule has 2 heterocycles. The lowest BCUT2D eigenvalue weighted by Crippen LogP contribution is -2.64. The summed E-state index contributed by atoms with van der Waals surface area (Å²) in [5, 5.41) is 14.8. The molecule has 0 radical (unpaired) electrons. The molecule has 2 fully saturated rings. The molecule has 1 aromatic rings. The van der Waals surface area contributed by atoms with Crippen LogP contribution in [0.15, 0.2) is 6.20 Å². The van der Waals surface area contributed by atoms with E-state index in [0.29, 0.717) is 11.7 Å². The molecule has 25 heavy (non-hydrogen) atoms. The summed E-state index contributed by atoms with van der Waals surface area (Å²) in [5.74, 6) is -0.119. The van der Waals surface area contributed by atoms with Crippen molar-refractivity contribution in [3.05, 3.63) is 11.9 Å². The van der Waals surface area contributed by atoms with Crippen LogP contribution >= 0.6 is 0 Å². The molecule has 140 valence electrons. The summed E-state index contributed by atoms with van der Waals surface area (Å²) >= 11 is 0. The number of hydrogen-bond donors (Lipinski definition) is 2. The van der Waals surface area contributed by atoms with E-state index in [2.05, 4.69) is 34.8 Å². The molecule has 1 aliphatic heterocycles. The zero-order chi connectivity index (χ0) is 17.9. The first-order valence-corrected chi connectivity index (χ1v) is 9.69. The Morgan fingerprint density at radius 1 is 1.36 bits per heavy atom. The van der Waals surface area contributed by atoms with Gasteiger partial charge in [0, 0.05) is 18.1 Å². The van der Waals surface area contributed by atoms with Gasteiger partial charge in [0.15, 0.2) is 5.69 Å². The average Bonchev–Trinajstić information content (AvgIpc) is 3.13. The molecule has 0 aromatic carbocycles. The summed E-state index contributed by atoms with van der Waals surface area (Å²) in [5.41, 5.74) is 0.455. The van der Waals surface area contributed by atoms with Crippen LogP contribution in [0, 0.1) is 5.41 Å². The van der Waals surface area contributed by atoms with E-state index in [-0.39, 0.29) is 23.5 Å². The Hall–Kier alpha value is -1.47. The van der Waals surface area contributed by atoms with E-state index in [1.54, 1.807) is 6.20 Å². The van der Waals surface area contributed by atoms with Gasteiger partial charge in [0.05, 0.1) is 18.3 Å². The third-order valence-electron chi connectivity index (χ3n) is 6.20. The normalized spacial score (nSPS) is 26.2. The SMILES string of the molecule is CCO[C@@H]1C[C@H](NC(=O)c2cn(C3CCNCC3)nn2)C1(CC)CC. The fourth-order valence-electron chi connectivity index (χ4n) is 4.45. The molecule has 0 bridgehead atoms. The molecule has 7 heteroatoms. The van der Waals surface area contributed by atoms with Crippen molar-refractivity contribution in [2.45, 2.75) is 71.1 Å². The molecule has 0 unspecified atom stereocenters. The molecule has 1 saturated heterocycles. The Labute approximate surface area is 149 Å². The topological polar surface area (TPSA) is 81.1 Å². The van der Waals surface area contributed by atoms with Gasteiger partial charge < -0.3 is 15.4 Å². The van der Waals surface area contributed by atoms with Gasteiger partial charge in [0.25, 0.3) is 5.91 Å². The van der Waals surface area contributed by atoms with Gasteiger partial charge in [0.2, 0.25) is 0 Å². The number of nitrogens with one attached hydrogen (secondary N) is 2. The van der Waals surface area contributed by atoms with Gasteiger partial charge in [0.1, 0.15) is 0 Å². The van der Waals surface area contributed by atoms with Crippen molar-refractivity contribution in [3.8, 4) is 0 Å². The first kappa shape index (κ1) is 18.3. The van der Waals surface area contributed by atoms with Crippen molar-refractivity contribution >= 4 is 5.91 Å². The number of piperidine rings is 1. The summed E-state index contributed by atoms with van der Waals surface area (Å²) in [6.45, 7) is 9.09. The van der Waals surface area contributed by atoms with Crippen molar-refractivity contribution in [2.24, 2.45) is 5.41 Å². The summed E-state index contributed by atoms with van der Waals surface area (Å²) < 4.78 is 7.74. The molecule has 2 N–H and O–H groups in total. The van der Waals surface area contributed by atoms with E-state index in [4.69, 9.17) is 4.74 Å². The lowest BCUT2D eigenvalue weighted by Gasteiger charge is -2.55. The number of aromatic nitrogens is 3. The molecule has 0 spiro atoms. The number of rotatable bonds is 7. The highest BCUT2D eigenvalue weighted by molar-refractivity contribution is 5.92. The number of nitrogens with zero attached hydrogens (tertiary/aromatic N) is 3.